The summed E-state index contributed by atoms with van der Waals surface area (Å²) in [7, 11) is 0. The van der Waals surface area contributed by atoms with Crippen LogP contribution in [0.15, 0.2) is 72.8 Å². The first kappa shape index (κ1) is 28.3. The van der Waals surface area contributed by atoms with E-state index in [1.165, 1.54) is 19.2 Å². The summed E-state index contributed by atoms with van der Waals surface area (Å²) in [6.07, 6.45) is 0.799. The van der Waals surface area contributed by atoms with Crippen LogP contribution in [0, 0.1) is 17.7 Å². The van der Waals surface area contributed by atoms with Crippen LogP contribution in [0.1, 0.15) is 45.6 Å². The maximum absolute atomic E-state index is 13.4. The highest BCUT2D eigenvalue weighted by Crippen LogP contribution is 2.38. The molecule has 0 aromatic heterocycles. The van der Waals surface area contributed by atoms with Crippen LogP contribution < -0.4 is 9.47 Å². The number of hydrogen-bond donors (Lipinski definition) is 2. The van der Waals surface area contributed by atoms with E-state index < -0.39 is 5.82 Å². The number of halogens is 1. The summed E-state index contributed by atoms with van der Waals surface area (Å²) >= 11 is 0. The predicted molar refractivity (Wildman–Crippen MR) is 146 cm³/mol. The van der Waals surface area contributed by atoms with Crippen molar-refractivity contribution in [2.45, 2.75) is 46.1 Å². The Hall–Kier alpha value is -3.25. The van der Waals surface area contributed by atoms with E-state index in [-0.39, 0.29) is 11.7 Å². The van der Waals surface area contributed by atoms with E-state index in [4.69, 9.17) is 19.7 Å². The number of nitrogens with zero attached hydrogens (tertiary/aromatic N) is 1. The predicted octanol–water partition coefficient (Wildman–Crippen LogP) is 6.85. The van der Waals surface area contributed by atoms with Crippen LogP contribution in [0.25, 0.3) is 0 Å². The number of ether oxygens (including phenoxy) is 2. The molecule has 5 rings (SSSR count). The standard InChI is InChI=1S/C15H23NO.C10H11FO2.C6H6O/c1-12-9-16(10-13(12)2)14(3)11-17-15-7-5-4-6-8-15;1-6-4-5-13-8-3-2-7(12)10(11)9(6)8;7-6-4-2-1-3-5-6/h4-8,12-14H,9-11H2,1-3H3;2-3,6,12H,4-5H2,1H3;1-5,7H/t12-,13?,14?;;/m1../s1. The maximum atomic E-state index is 13.4. The molecular formula is C31H40FNO4. The monoisotopic (exact) mass is 509 g/mol. The van der Waals surface area contributed by atoms with Crippen LogP contribution in [0.4, 0.5) is 4.39 Å². The third kappa shape index (κ3) is 8.39. The van der Waals surface area contributed by atoms with Gasteiger partial charge in [0.15, 0.2) is 11.6 Å². The highest BCUT2D eigenvalue weighted by Gasteiger charge is 2.29. The summed E-state index contributed by atoms with van der Waals surface area (Å²) in [5.74, 6) is 2.77. The molecule has 2 heterocycles. The number of fused-ring (bicyclic) bond motifs is 1. The Kier molecular flexibility index (Phi) is 10.6. The highest BCUT2D eigenvalue weighted by molar-refractivity contribution is 5.44. The molecule has 37 heavy (non-hydrogen) atoms. The summed E-state index contributed by atoms with van der Waals surface area (Å²) in [5, 5.41) is 17.8. The minimum absolute atomic E-state index is 0.121. The second-order valence-electron chi connectivity index (χ2n) is 10.1. The first-order valence-electron chi connectivity index (χ1n) is 13.1. The van der Waals surface area contributed by atoms with E-state index in [0.717, 1.165) is 30.6 Å². The minimum atomic E-state index is -0.537. The van der Waals surface area contributed by atoms with Crippen LogP contribution in [0.3, 0.4) is 0 Å². The van der Waals surface area contributed by atoms with E-state index in [2.05, 4.69) is 25.7 Å². The lowest BCUT2D eigenvalue weighted by atomic mass is 9.94. The zero-order valence-electron chi connectivity index (χ0n) is 22.3. The molecule has 0 amide bonds. The molecule has 1 fully saturated rings. The number of phenolic OH excluding ortho intramolecular Hbond substituents is 2. The van der Waals surface area contributed by atoms with Gasteiger partial charge in [0, 0.05) is 24.7 Å². The quantitative estimate of drug-likeness (QED) is 0.403. The van der Waals surface area contributed by atoms with Crippen molar-refractivity contribution in [2.24, 2.45) is 11.8 Å². The van der Waals surface area contributed by atoms with Gasteiger partial charge < -0.3 is 19.7 Å². The Labute approximate surface area is 220 Å². The Morgan fingerprint density at radius 1 is 0.919 bits per heavy atom. The Balaban J connectivity index is 0.000000167. The van der Waals surface area contributed by atoms with Gasteiger partial charge in [-0.15, -0.1) is 0 Å². The molecule has 6 heteroatoms. The van der Waals surface area contributed by atoms with Crippen LogP contribution in [0.2, 0.25) is 0 Å². The number of hydrogen-bond acceptors (Lipinski definition) is 5. The number of aromatic hydroxyl groups is 2. The number of rotatable bonds is 4. The lowest BCUT2D eigenvalue weighted by Crippen LogP contribution is -2.35. The molecule has 3 aromatic rings. The lowest BCUT2D eigenvalue weighted by Gasteiger charge is -2.24. The molecule has 0 radical (unpaired) electrons. The van der Waals surface area contributed by atoms with Gasteiger partial charge in [0.25, 0.3) is 0 Å². The van der Waals surface area contributed by atoms with Crippen molar-refractivity contribution in [3.05, 3.63) is 84.2 Å². The molecule has 200 valence electrons. The average Bonchev–Trinajstić information content (AvgIpc) is 3.25. The molecular weight excluding hydrogens is 469 g/mol. The van der Waals surface area contributed by atoms with Gasteiger partial charge >= 0.3 is 0 Å². The Morgan fingerprint density at radius 2 is 1.51 bits per heavy atom. The number of para-hydroxylation sites is 2. The second-order valence-corrected chi connectivity index (χ2v) is 10.1. The molecule has 4 atom stereocenters. The molecule has 1 saturated heterocycles. The van der Waals surface area contributed by atoms with Crippen LogP contribution in [0.5, 0.6) is 23.0 Å². The smallest absolute Gasteiger partial charge is 0.171 e. The van der Waals surface area contributed by atoms with E-state index in [1.54, 1.807) is 30.3 Å². The SMILES string of the molecule is CC1CCOc2ccc(O)c(F)c21.CC1CN(C(C)COc2ccccc2)C[C@H]1C.Oc1ccccc1. The maximum Gasteiger partial charge on any atom is 0.171 e. The summed E-state index contributed by atoms with van der Waals surface area (Å²) in [6.45, 7) is 12.7. The molecule has 0 saturated carbocycles. The van der Waals surface area contributed by atoms with Crippen molar-refractivity contribution >= 4 is 0 Å². The first-order chi connectivity index (χ1) is 17.8. The average molecular weight is 510 g/mol. The largest absolute Gasteiger partial charge is 0.508 e. The van der Waals surface area contributed by atoms with E-state index >= 15 is 0 Å². The first-order valence-corrected chi connectivity index (χ1v) is 13.1. The number of likely N-dealkylation sites (tertiary alicyclic amines) is 1. The molecule has 0 spiro atoms. The Bertz CT molecular complexity index is 1070. The van der Waals surface area contributed by atoms with Crippen LogP contribution >= 0.6 is 0 Å². The van der Waals surface area contributed by atoms with Crippen molar-refractivity contribution in [2.75, 3.05) is 26.3 Å². The summed E-state index contributed by atoms with van der Waals surface area (Å²) in [6, 6.07) is 22.2. The fourth-order valence-corrected chi connectivity index (χ4v) is 4.44. The van der Waals surface area contributed by atoms with Crippen molar-refractivity contribution in [3.8, 4) is 23.0 Å². The fourth-order valence-electron chi connectivity index (χ4n) is 4.44. The summed E-state index contributed by atoms with van der Waals surface area (Å²) < 4.78 is 24.5. The van der Waals surface area contributed by atoms with Crippen molar-refractivity contribution in [1.29, 1.82) is 0 Å². The van der Waals surface area contributed by atoms with Gasteiger partial charge in [-0.25, -0.2) is 4.39 Å². The van der Waals surface area contributed by atoms with Crippen molar-refractivity contribution in [3.63, 3.8) is 0 Å². The normalized spacial score (nSPS) is 21.3. The molecule has 0 aliphatic carbocycles. The third-order valence-electron chi connectivity index (χ3n) is 7.05. The molecule has 2 N–H and O–H groups in total. The van der Waals surface area contributed by atoms with Gasteiger partial charge in [0.05, 0.1) is 6.61 Å². The molecule has 2 aliphatic heterocycles. The van der Waals surface area contributed by atoms with Crippen molar-refractivity contribution < 1.29 is 24.1 Å². The zero-order valence-corrected chi connectivity index (χ0v) is 22.3. The molecule has 0 bridgehead atoms. The van der Waals surface area contributed by atoms with Gasteiger partial charge in [-0.05, 0) is 67.5 Å². The Morgan fingerprint density at radius 3 is 2.08 bits per heavy atom. The zero-order chi connectivity index (χ0) is 26.8. The molecule has 5 nitrogen and oxygen atoms in total. The lowest BCUT2D eigenvalue weighted by molar-refractivity contribution is 0.167. The minimum Gasteiger partial charge on any atom is -0.508 e. The number of phenols is 2. The topological polar surface area (TPSA) is 62.2 Å². The van der Waals surface area contributed by atoms with Crippen LogP contribution in [-0.4, -0.2) is 47.5 Å². The highest BCUT2D eigenvalue weighted by atomic mass is 19.1. The molecule has 3 unspecified atom stereocenters. The second kappa shape index (κ2) is 13.9. The van der Waals surface area contributed by atoms with Crippen molar-refractivity contribution in [1.82, 2.24) is 4.90 Å². The molecule has 2 aliphatic rings. The summed E-state index contributed by atoms with van der Waals surface area (Å²) in [5.41, 5.74) is 0.506. The van der Waals surface area contributed by atoms with Gasteiger partial charge in [-0.3, -0.25) is 4.90 Å². The summed E-state index contributed by atoms with van der Waals surface area (Å²) in [4.78, 5) is 2.54. The van der Waals surface area contributed by atoms with E-state index in [0.29, 0.717) is 29.7 Å². The van der Waals surface area contributed by atoms with Gasteiger partial charge in [-0.2, -0.15) is 0 Å². The van der Waals surface area contributed by atoms with E-state index in [9.17, 15) is 4.39 Å². The fraction of sp³-hybridized carbons (Fsp3) is 0.419. The van der Waals surface area contributed by atoms with Gasteiger partial charge in [-0.1, -0.05) is 57.2 Å². The van der Waals surface area contributed by atoms with Gasteiger partial charge in [0.1, 0.15) is 23.9 Å². The third-order valence-corrected chi connectivity index (χ3v) is 7.05. The number of benzene rings is 3. The van der Waals surface area contributed by atoms with Crippen LogP contribution in [-0.2, 0) is 0 Å². The van der Waals surface area contributed by atoms with Gasteiger partial charge in [0.2, 0.25) is 0 Å². The molecule has 3 aromatic carbocycles. The van der Waals surface area contributed by atoms with E-state index in [1.807, 2.05) is 43.3 Å².